The number of rotatable bonds is 22. The third-order valence-corrected chi connectivity index (χ3v) is 8.64. The molecule has 0 spiro atoms. The van der Waals surface area contributed by atoms with Gasteiger partial charge in [0.25, 0.3) is 11.8 Å². The monoisotopic (exact) mass is 765 g/mol. The lowest BCUT2D eigenvalue weighted by Crippen LogP contribution is -2.49. The molecule has 1 aromatic carbocycles. The summed E-state index contributed by atoms with van der Waals surface area (Å²) in [6, 6.07) is 6.36. The number of nitrogens with zero attached hydrogens (tertiary/aromatic N) is 2. The van der Waals surface area contributed by atoms with Gasteiger partial charge < -0.3 is 40.2 Å². The highest BCUT2D eigenvalue weighted by atomic mass is 16.7. The summed E-state index contributed by atoms with van der Waals surface area (Å²) < 4.78 is 11.3. The SMILES string of the molecule is CCCCCC(C(=O)NCNC(=O)c1ccc(-c2ccc(C(=O)NC(CC(=O)O)C(=O)O)c(OCC)c2)o1)[C@@H](CC)N(C=O)OC(=O)c1c(C)ccnc1C. The molecule has 2 heterocycles. The molecule has 3 atom stereocenters. The van der Waals surface area contributed by atoms with E-state index in [0.717, 1.165) is 17.9 Å². The van der Waals surface area contributed by atoms with Crippen LogP contribution in [0.1, 0.15) is 102 Å². The normalized spacial score (nSPS) is 12.4. The highest BCUT2D eigenvalue weighted by Gasteiger charge is 2.34. The minimum absolute atomic E-state index is 0.0473. The molecule has 2 aromatic heterocycles. The number of carboxylic acid groups (broad SMARTS) is 2. The van der Waals surface area contributed by atoms with Crippen molar-refractivity contribution in [1.29, 1.82) is 0 Å². The molecule has 296 valence electrons. The van der Waals surface area contributed by atoms with Gasteiger partial charge in [-0.05, 0) is 69.5 Å². The van der Waals surface area contributed by atoms with E-state index in [9.17, 15) is 38.7 Å². The fourth-order valence-electron chi connectivity index (χ4n) is 5.86. The van der Waals surface area contributed by atoms with Crippen LogP contribution in [0.15, 0.2) is 47.0 Å². The Morgan fingerprint density at radius 3 is 2.33 bits per heavy atom. The van der Waals surface area contributed by atoms with Gasteiger partial charge in [-0.15, -0.1) is 0 Å². The molecule has 0 radical (unpaired) electrons. The second kappa shape index (κ2) is 20.8. The van der Waals surface area contributed by atoms with Crippen molar-refractivity contribution < 1.29 is 57.8 Å². The number of benzene rings is 1. The van der Waals surface area contributed by atoms with Gasteiger partial charge >= 0.3 is 17.9 Å². The zero-order valence-electron chi connectivity index (χ0n) is 31.4. The number of carbonyl (C=O) groups excluding carboxylic acids is 5. The Labute approximate surface area is 317 Å². The first-order valence-corrected chi connectivity index (χ1v) is 17.8. The lowest BCUT2D eigenvalue weighted by atomic mass is 9.90. The Morgan fingerprint density at radius 2 is 1.71 bits per heavy atom. The van der Waals surface area contributed by atoms with E-state index in [1.807, 2.05) is 6.92 Å². The molecule has 4 amide bonds. The molecule has 0 fully saturated rings. The maximum atomic E-state index is 13.6. The molecule has 17 heteroatoms. The standard InChI is InChI=1S/C38H47N5O12/c1-6-9-10-11-25(28(7-2)43(21-44)55-38(52)33-22(4)16-17-39-23(33)5)34(47)40-20-41-36(49)30-15-14-29(54-30)24-12-13-26(31(18-24)53-8-3)35(48)42-27(37(50)51)19-32(45)46/h12-18,21,25,27-28H,6-11,19-20H2,1-5H3,(H,40,47)(H,41,49)(H,42,48)(H,45,46)(H,50,51)/t25?,27?,28-/m1/s1. The maximum absolute atomic E-state index is 13.6. The highest BCUT2D eigenvalue weighted by Crippen LogP contribution is 2.29. The van der Waals surface area contributed by atoms with E-state index < -0.39 is 60.1 Å². The Hall–Kier alpha value is -6.26. The summed E-state index contributed by atoms with van der Waals surface area (Å²) in [6.07, 6.45) is 4.15. The summed E-state index contributed by atoms with van der Waals surface area (Å²) in [6.45, 7) is 8.67. The van der Waals surface area contributed by atoms with Gasteiger partial charge in [-0.1, -0.05) is 39.2 Å². The number of aryl methyl sites for hydroxylation is 2. The number of nitrogens with one attached hydrogen (secondary N) is 3. The van der Waals surface area contributed by atoms with Gasteiger partial charge in [-0.2, -0.15) is 5.06 Å². The van der Waals surface area contributed by atoms with E-state index >= 15 is 0 Å². The first-order valence-electron chi connectivity index (χ1n) is 17.8. The van der Waals surface area contributed by atoms with Crippen LogP contribution in [0, 0.1) is 19.8 Å². The molecule has 17 nitrogen and oxygen atoms in total. The molecule has 0 aliphatic heterocycles. The largest absolute Gasteiger partial charge is 0.493 e. The van der Waals surface area contributed by atoms with E-state index in [-0.39, 0.29) is 48.1 Å². The van der Waals surface area contributed by atoms with Crippen LogP contribution in [0.2, 0.25) is 0 Å². The van der Waals surface area contributed by atoms with Crippen LogP contribution in [0.3, 0.4) is 0 Å². The molecule has 0 bridgehead atoms. The Morgan fingerprint density at radius 1 is 0.964 bits per heavy atom. The van der Waals surface area contributed by atoms with E-state index in [0.29, 0.717) is 36.1 Å². The van der Waals surface area contributed by atoms with Crippen molar-refractivity contribution in [2.75, 3.05) is 13.3 Å². The lowest BCUT2D eigenvalue weighted by Gasteiger charge is -2.32. The van der Waals surface area contributed by atoms with Crippen molar-refractivity contribution in [3.63, 3.8) is 0 Å². The first kappa shape index (κ1) is 43.1. The molecule has 2 unspecified atom stereocenters. The average Bonchev–Trinajstić information content (AvgIpc) is 3.64. The molecule has 3 aromatic rings. The van der Waals surface area contributed by atoms with Crippen LogP contribution in [0.25, 0.3) is 11.3 Å². The summed E-state index contributed by atoms with van der Waals surface area (Å²) in [5, 5.41) is 26.6. The molecule has 0 saturated carbocycles. The van der Waals surface area contributed by atoms with Crippen LogP contribution >= 0.6 is 0 Å². The number of hydrogen-bond acceptors (Lipinski definition) is 11. The third-order valence-electron chi connectivity index (χ3n) is 8.64. The second-order valence-electron chi connectivity index (χ2n) is 12.5. The minimum Gasteiger partial charge on any atom is -0.493 e. The van der Waals surface area contributed by atoms with Crippen molar-refractivity contribution in [2.45, 2.75) is 85.2 Å². The highest BCUT2D eigenvalue weighted by molar-refractivity contribution is 6.00. The Bertz CT molecular complexity index is 1840. The van der Waals surface area contributed by atoms with Crippen LogP contribution in [-0.2, 0) is 24.0 Å². The van der Waals surface area contributed by atoms with Gasteiger partial charge in [-0.25, -0.2) is 9.59 Å². The van der Waals surface area contributed by atoms with Gasteiger partial charge in [0.1, 0.15) is 17.6 Å². The summed E-state index contributed by atoms with van der Waals surface area (Å²) in [5.74, 6) is -6.29. The number of aromatic nitrogens is 1. The summed E-state index contributed by atoms with van der Waals surface area (Å²) in [7, 11) is 0. The molecule has 0 aliphatic carbocycles. The summed E-state index contributed by atoms with van der Waals surface area (Å²) in [4.78, 5) is 96.9. The fourth-order valence-corrected chi connectivity index (χ4v) is 5.86. The van der Waals surface area contributed by atoms with Gasteiger partial charge in [-0.3, -0.25) is 29.0 Å². The molecular formula is C38H47N5O12. The lowest BCUT2D eigenvalue weighted by molar-refractivity contribution is -0.171. The average molecular weight is 766 g/mol. The molecular weight excluding hydrogens is 718 g/mol. The van der Waals surface area contributed by atoms with E-state index in [4.69, 9.17) is 19.1 Å². The van der Waals surface area contributed by atoms with Crippen LogP contribution < -0.4 is 20.7 Å². The number of hydroxylamine groups is 2. The zero-order valence-corrected chi connectivity index (χ0v) is 31.4. The number of pyridine rings is 1. The van der Waals surface area contributed by atoms with E-state index in [1.165, 1.54) is 30.3 Å². The minimum atomic E-state index is -1.67. The molecule has 55 heavy (non-hydrogen) atoms. The predicted octanol–water partition coefficient (Wildman–Crippen LogP) is 4.02. The Kier molecular flexibility index (Phi) is 16.3. The molecule has 3 rings (SSSR count). The van der Waals surface area contributed by atoms with Gasteiger partial charge in [0.05, 0.1) is 48.5 Å². The number of ether oxygens (including phenoxy) is 1. The van der Waals surface area contributed by atoms with Crippen molar-refractivity contribution in [1.82, 2.24) is 26.0 Å². The van der Waals surface area contributed by atoms with Crippen molar-refractivity contribution in [2.24, 2.45) is 5.92 Å². The topological polar surface area (TPSA) is 244 Å². The smallest absolute Gasteiger partial charge is 0.365 e. The zero-order chi connectivity index (χ0) is 40.7. The number of amides is 4. The third kappa shape index (κ3) is 11.9. The number of hydrogen-bond donors (Lipinski definition) is 5. The Balaban J connectivity index is 1.71. The molecule has 0 saturated heterocycles. The van der Waals surface area contributed by atoms with Crippen molar-refractivity contribution in [3.8, 4) is 17.1 Å². The van der Waals surface area contributed by atoms with Crippen molar-refractivity contribution in [3.05, 3.63) is 70.7 Å². The van der Waals surface area contributed by atoms with Crippen LogP contribution in [-0.4, -0.2) is 87.7 Å². The second-order valence-corrected chi connectivity index (χ2v) is 12.5. The van der Waals surface area contributed by atoms with E-state index in [1.54, 1.807) is 40.0 Å². The number of furan rings is 1. The number of carboxylic acids is 2. The summed E-state index contributed by atoms with van der Waals surface area (Å²) >= 11 is 0. The van der Waals surface area contributed by atoms with Crippen LogP contribution in [0.4, 0.5) is 0 Å². The molecule has 5 N–H and O–H groups in total. The molecule has 0 aliphatic rings. The quantitative estimate of drug-likeness (QED) is 0.0421. The summed E-state index contributed by atoms with van der Waals surface area (Å²) in [5.41, 5.74) is 1.63. The van der Waals surface area contributed by atoms with Gasteiger partial charge in [0.15, 0.2) is 5.76 Å². The first-order chi connectivity index (χ1) is 26.3. The van der Waals surface area contributed by atoms with E-state index in [2.05, 4.69) is 20.9 Å². The van der Waals surface area contributed by atoms with Crippen molar-refractivity contribution >= 4 is 42.0 Å². The predicted molar refractivity (Wildman–Crippen MR) is 196 cm³/mol. The van der Waals surface area contributed by atoms with Gasteiger partial charge in [0.2, 0.25) is 12.3 Å². The van der Waals surface area contributed by atoms with Gasteiger partial charge in [0, 0.05) is 11.8 Å². The fraction of sp³-hybridized carbons (Fsp3) is 0.421. The number of aliphatic carboxylic acids is 2. The van der Waals surface area contributed by atoms with Crippen LogP contribution in [0.5, 0.6) is 5.75 Å². The number of unbranched alkanes of at least 4 members (excludes halogenated alkanes) is 2. The maximum Gasteiger partial charge on any atom is 0.365 e. The number of carbonyl (C=O) groups is 7.